The van der Waals surface area contributed by atoms with E-state index < -0.39 is 0 Å². The van der Waals surface area contributed by atoms with Crippen molar-refractivity contribution in [3.05, 3.63) is 59.5 Å². The van der Waals surface area contributed by atoms with E-state index in [-0.39, 0.29) is 11.8 Å². The number of likely N-dealkylation sites (tertiary alicyclic amines) is 1. The van der Waals surface area contributed by atoms with E-state index in [1.54, 1.807) is 7.11 Å². The van der Waals surface area contributed by atoms with Gasteiger partial charge in [0, 0.05) is 17.8 Å². The first-order valence-electron chi connectivity index (χ1n) is 11.2. The minimum absolute atomic E-state index is 0.0583. The Bertz CT molecular complexity index is 1060. The zero-order chi connectivity index (χ0) is 22.5. The largest absolute Gasteiger partial charge is 0.497 e. The lowest BCUT2D eigenvalue weighted by molar-refractivity contribution is -0.121. The predicted octanol–water partition coefficient (Wildman–Crippen LogP) is 4.47. The van der Waals surface area contributed by atoms with E-state index in [0.29, 0.717) is 24.8 Å². The maximum Gasteiger partial charge on any atom is 0.241 e. The van der Waals surface area contributed by atoms with Crippen LogP contribution in [0.3, 0.4) is 0 Å². The van der Waals surface area contributed by atoms with E-state index in [1.807, 2.05) is 43.3 Å². The standard InChI is InChI=1S/C25H30N4O3/c1-4-18-8-5-7-17(2)23(18)27-25(30)20-9-6-14-29(15-20)16-22-26-24(28-32-22)19-10-12-21(31-3)13-11-19/h5,7-8,10-13,20H,4,6,9,14-16H2,1-3H3,(H,27,30). The maximum absolute atomic E-state index is 13.0. The van der Waals surface area contributed by atoms with E-state index >= 15 is 0 Å². The molecule has 1 atom stereocenters. The molecule has 168 valence electrons. The van der Waals surface area contributed by atoms with Crippen LogP contribution in [-0.4, -0.2) is 41.1 Å². The minimum Gasteiger partial charge on any atom is -0.497 e. The Morgan fingerprint density at radius 1 is 1.25 bits per heavy atom. The molecule has 0 aliphatic carbocycles. The fourth-order valence-electron chi connectivity index (χ4n) is 4.21. The molecule has 1 fully saturated rings. The summed E-state index contributed by atoms with van der Waals surface area (Å²) in [6, 6.07) is 13.7. The summed E-state index contributed by atoms with van der Waals surface area (Å²) in [4.78, 5) is 19.8. The van der Waals surface area contributed by atoms with Crippen LogP contribution in [0, 0.1) is 12.8 Å². The molecule has 2 heterocycles. The molecule has 3 aromatic rings. The zero-order valence-electron chi connectivity index (χ0n) is 18.9. The predicted molar refractivity (Wildman–Crippen MR) is 123 cm³/mol. The highest BCUT2D eigenvalue weighted by atomic mass is 16.5. The molecule has 0 bridgehead atoms. The molecule has 2 aromatic carbocycles. The highest BCUT2D eigenvalue weighted by molar-refractivity contribution is 5.94. The molecular formula is C25H30N4O3. The van der Waals surface area contributed by atoms with Crippen LogP contribution in [0.5, 0.6) is 5.75 Å². The number of hydrogen-bond donors (Lipinski definition) is 1. The van der Waals surface area contributed by atoms with E-state index in [4.69, 9.17) is 9.26 Å². The molecule has 4 rings (SSSR count). The second-order valence-electron chi connectivity index (χ2n) is 8.27. The van der Waals surface area contributed by atoms with Crippen LogP contribution in [0.25, 0.3) is 11.4 Å². The molecule has 7 heteroatoms. The Morgan fingerprint density at radius 3 is 2.81 bits per heavy atom. The summed E-state index contributed by atoms with van der Waals surface area (Å²) in [6.45, 7) is 6.28. The number of benzene rings is 2. The summed E-state index contributed by atoms with van der Waals surface area (Å²) >= 11 is 0. The Hall–Kier alpha value is -3.19. The summed E-state index contributed by atoms with van der Waals surface area (Å²) in [5, 5.41) is 7.30. The van der Waals surface area contributed by atoms with Crippen molar-refractivity contribution >= 4 is 11.6 Å². The fraction of sp³-hybridized carbons (Fsp3) is 0.400. The lowest BCUT2D eigenvalue weighted by atomic mass is 9.96. The van der Waals surface area contributed by atoms with E-state index in [2.05, 4.69) is 33.3 Å². The van der Waals surface area contributed by atoms with Gasteiger partial charge in [0.25, 0.3) is 0 Å². The zero-order valence-corrected chi connectivity index (χ0v) is 18.9. The number of para-hydroxylation sites is 1. The van der Waals surface area contributed by atoms with Crippen LogP contribution < -0.4 is 10.1 Å². The molecule has 1 unspecified atom stereocenters. The van der Waals surface area contributed by atoms with Gasteiger partial charge in [-0.05, 0) is 68.1 Å². The molecule has 1 N–H and O–H groups in total. The average molecular weight is 435 g/mol. The van der Waals surface area contributed by atoms with Crippen LogP contribution in [0.2, 0.25) is 0 Å². The monoisotopic (exact) mass is 434 g/mol. The number of methoxy groups -OCH3 is 1. The van der Waals surface area contributed by atoms with Gasteiger partial charge in [-0.15, -0.1) is 0 Å². The van der Waals surface area contributed by atoms with Gasteiger partial charge in [-0.1, -0.05) is 30.3 Å². The smallest absolute Gasteiger partial charge is 0.241 e. The fourth-order valence-corrected chi connectivity index (χ4v) is 4.21. The molecule has 1 saturated heterocycles. The quantitative estimate of drug-likeness (QED) is 0.591. The number of anilines is 1. The van der Waals surface area contributed by atoms with Gasteiger partial charge < -0.3 is 14.6 Å². The van der Waals surface area contributed by atoms with Crippen molar-refractivity contribution in [3.63, 3.8) is 0 Å². The van der Waals surface area contributed by atoms with Gasteiger partial charge in [0.15, 0.2) is 0 Å². The maximum atomic E-state index is 13.0. The highest BCUT2D eigenvalue weighted by Gasteiger charge is 2.27. The summed E-state index contributed by atoms with van der Waals surface area (Å²) in [6.07, 6.45) is 2.74. The summed E-state index contributed by atoms with van der Waals surface area (Å²) in [7, 11) is 1.64. The SMILES string of the molecule is CCc1cccc(C)c1NC(=O)C1CCCN(Cc2nc(-c3ccc(OC)cc3)no2)C1. The van der Waals surface area contributed by atoms with Crippen molar-refractivity contribution in [1.29, 1.82) is 0 Å². The Balaban J connectivity index is 1.38. The first-order valence-corrected chi connectivity index (χ1v) is 11.2. The van der Waals surface area contributed by atoms with Gasteiger partial charge in [-0.25, -0.2) is 0 Å². The molecule has 0 radical (unpaired) electrons. The molecule has 0 spiro atoms. The molecule has 1 aromatic heterocycles. The summed E-state index contributed by atoms with van der Waals surface area (Å²) in [5.41, 5.74) is 4.10. The Morgan fingerprint density at radius 2 is 2.06 bits per heavy atom. The van der Waals surface area contributed by atoms with Gasteiger partial charge in [0.05, 0.1) is 19.6 Å². The van der Waals surface area contributed by atoms with Crippen molar-refractivity contribution in [2.24, 2.45) is 5.92 Å². The lowest BCUT2D eigenvalue weighted by Gasteiger charge is -2.31. The number of nitrogens with one attached hydrogen (secondary N) is 1. The number of aryl methyl sites for hydroxylation is 2. The summed E-state index contributed by atoms with van der Waals surface area (Å²) in [5.74, 6) is 1.93. The summed E-state index contributed by atoms with van der Waals surface area (Å²) < 4.78 is 10.7. The Labute approximate surface area is 188 Å². The number of carbonyl (C=O) groups is 1. The number of ether oxygens (including phenoxy) is 1. The molecular weight excluding hydrogens is 404 g/mol. The van der Waals surface area contributed by atoms with Crippen LogP contribution >= 0.6 is 0 Å². The second-order valence-corrected chi connectivity index (χ2v) is 8.27. The van der Waals surface area contributed by atoms with Crippen molar-refractivity contribution < 1.29 is 14.1 Å². The van der Waals surface area contributed by atoms with Gasteiger partial charge in [-0.3, -0.25) is 9.69 Å². The van der Waals surface area contributed by atoms with E-state index in [9.17, 15) is 4.79 Å². The molecule has 0 saturated carbocycles. The van der Waals surface area contributed by atoms with Gasteiger partial charge in [0.2, 0.25) is 17.6 Å². The molecule has 1 aliphatic rings. The van der Waals surface area contributed by atoms with Crippen LogP contribution in [0.1, 0.15) is 36.8 Å². The molecule has 32 heavy (non-hydrogen) atoms. The average Bonchev–Trinajstić information content (AvgIpc) is 3.29. The van der Waals surface area contributed by atoms with Crippen LogP contribution in [-0.2, 0) is 17.8 Å². The first-order chi connectivity index (χ1) is 15.6. The third-order valence-corrected chi connectivity index (χ3v) is 6.04. The van der Waals surface area contributed by atoms with Gasteiger partial charge >= 0.3 is 0 Å². The van der Waals surface area contributed by atoms with Crippen LogP contribution in [0.4, 0.5) is 5.69 Å². The second kappa shape index (κ2) is 9.96. The molecule has 7 nitrogen and oxygen atoms in total. The van der Waals surface area contributed by atoms with Gasteiger partial charge in [0.1, 0.15) is 5.75 Å². The van der Waals surface area contributed by atoms with Crippen molar-refractivity contribution in [2.45, 2.75) is 39.7 Å². The minimum atomic E-state index is -0.0583. The third-order valence-electron chi connectivity index (χ3n) is 6.04. The highest BCUT2D eigenvalue weighted by Crippen LogP contribution is 2.25. The Kier molecular flexibility index (Phi) is 6.85. The van der Waals surface area contributed by atoms with Crippen molar-refractivity contribution in [1.82, 2.24) is 15.0 Å². The van der Waals surface area contributed by atoms with E-state index in [1.165, 1.54) is 5.56 Å². The number of nitrogens with zero attached hydrogens (tertiary/aromatic N) is 3. The number of piperidine rings is 1. The van der Waals surface area contributed by atoms with Crippen molar-refractivity contribution in [2.75, 3.05) is 25.5 Å². The number of rotatable bonds is 7. The molecule has 1 aliphatic heterocycles. The third kappa shape index (κ3) is 4.99. The van der Waals surface area contributed by atoms with Crippen LogP contribution in [0.15, 0.2) is 47.0 Å². The number of carbonyl (C=O) groups excluding carboxylic acids is 1. The topological polar surface area (TPSA) is 80.5 Å². The lowest BCUT2D eigenvalue weighted by Crippen LogP contribution is -2.40. The number of amides is 1. The normalized spacial score (nSPS) is 16.7. The van der Waals surface area contributed by atoms with Gasteiger partial charge in [-0.2, -0.15) is 4.98 Å². The number of aromatic nitrogens is 2. The number of hydrogen-bond acceptors (Lipinski definition) is 6. The molecule has 1 amide bonds. The first kappa shape index (κ1) is 22.0. The van der Waals surface area contributed by atoms with E-state index in [0.717, 1.165) is 48.4 Å². The van der Waals surface area contributed by atoms with Crippen molar-refractivity contribution in [3.8, 4) is 17.1 Å².